The zero-order valence-corrected chi connectivity index (χ0v) is 9.49. The normalized spacial score (nSPS) is 13.2. The Labute approximate surface area is 93.7 Å². The number of primary sulfonamides is 1. The fraction of sp³-hybridized carbons (Fsp3) is 0.222. The number of hydrogen-bond acceptors (Lipinski definition) is 4. The summed E-state index contributed by atoms with van der Waals surface area (Å²) in [5, 5.41) is 7.42. The molecule has 1 aromatic carbocycles. The Bertz CT molecular complexity index is 496. The average Bonchev–Trinajstić information content (AvgIpc) is 2.16. The lowest BCUT2D eigenvalue weighted by molar-refractivity contribution is -0.117. The molecule has 0 saturated heterocycles. The van der Waals surface area contributed by atoms with Gasteiger partial charge in [0.1, 0.15) is 0 Å². The van der Waals surface area contributed by atoms with Crippen LogP contribution in [0.2, 0.25) is 0 Å². The summed E-state index contributed by atoms with van der Waals surface area (Å²) in [7, 11) is -3.76. The van der Waals surface area contributed by atoms with Gasteiger partial charge in [-0.2, -0.15) is 0 Å². The fourth-order valence-electron chi connectivity index (χ4n) is 1.01. The van der Waals surface area contributed by atoms with E-state index in [2.05, 4.69) is 5.32 Å². The molecule has 0 aromatic heterocycles. The second-order valence-electron chi connectivity index (χ2n) is 3.35. The molecular formula is C9H13N3O3S. The zero-order chi connectivity index (χ0) is 12.3. The van der Waals surface area contributed by atoms with Crippen LogP contribution in [-0.2, 0) is 14.8 Å². The molecule has 0 saturated carbocycles. The second-order valence-corrected chi connectivity index (χ2v) is 4.91. The van der Waals surface area contributed by atoms with Gasteiger partial charge < -0.3 is 11.1 Å². The summed E-state index contributed by atoms with van der Waals surface area (Å²) in [6.07, 6.45) is 0. The van der Waals surface area contributed by atoms with Gasteiger partial charge in [-0.15, -0.1) is 0 Å². The molecule has 1 rings (SSSR count). The van der Waals surface area contributed by atoms with Gasteiger partial charge in [0.25, 0.3) is 0 Å². The Morgan fingerprint density at radius 1 is 1.44 bits per heavy atom. The van der Waals surface area contributed by atoms with Crippen LogP contribution in [0.1, 0.15) is 6.92 Å². The molecule has 0 bridgehead atoms. The molecule has 0 spiro atoms. The lowest BCUT2D eigenvalue weighted by atomic mass is 10.3. The highest BCUT2D eigenvalue weighted by Gasteiger charge is 2.11. The highest BCUT2D eigenvalue weighted by molar-refractivity contribution is 7.89. The summed E-state index contributed by atoms with van der Waals surface area (Å²) in [5.74, 6) is -0.397. The van der Waals surface area contributed by atoms with Crippen molar-refractivity contribution in [1.29, 1.82) is 0 Å². The van der Waals surface area contributed by atoms with E-state index in [4.69, 9.17) is 10.9 Å². The van der Waals surface area contributed by atoms with Crippen molar-refractivity contribution >= 4 is 21.6 Å². The highest BCUT2D eigenvalue weighted by Crippen LogP contribution is 2.13. The first kappa shape index (κ1) is 12.6. The number of rotatable bonds is 3. The molecule has 16 heavy (non-hydrogen) atoms. The maximum absolute atomic E-state index is 11.3. The van der Waals surface area contributed by atoms with E-state index >= 15 is 0 Å². The van der Waals surface area contributed by atoms with Crippen LogP contribution in [-0.4, -0.2) is 20.4 Å². The van der Waals surface area contributed by atoms with Crippen molar-refractivity contribution in [1.82, 2.24) is 0 Å². The third kappa shape index (κ3) is 3.30. The maximum atomic E-state index is 11.3. The van der Waals surface area contributed by atoms with E-state index < -0.39 is 22.0 Å². The molecule has 5 N–H and O–H groups in total. The minimum absolute atomic E-state index is 0.0602. The summed E-state index contributed by atoms with van der Waals surface area (Å²) in [6.45, 7) is 1.53. The SMILES string of the molecule is C[C@@H](N)C(=O)Nc1cccc(S(N)(=O)=O)c1. The number of benzene rings is 1. The van der Waals surface area contributed by atoms with Crippen molar-refractivity contribution in [2.24, 2.45) is 10.9 Å². The number of amides is 1. The van der Waals surface area contributed by atoms with Crippen molar-refractivity contribution in [3.05, 3.63) is 24.3 Å². The van der Waals surface area contributed by atoms with E-state index in [0.29, 0.717) is 5.69 Å². The van der Waals surface area contributed by atoms with E-state index in [1.807, 2.05) is 0 Å². The largest absolute Gasteiger partial charge is 0.325 e. The third-order valence-electron chi connectivity index (χ3n) is 1.84. The molecule has 0 aliphatic heterocycles. The van der Waals surface area contributed by atoms with Crippen molar-refractivity contribution in [2.75, 3.05) is 5.32 Å². The molecule has 0 heterocycles. The van der Waals surface area contributed by atoms with Gasteiger partial charge in [-0.25, -0.2) is 13.6 Å². The van der Waals surface area contributed by atoms with Gasteiger partial charge in [-0.3, -0.25) is 4.79 Å². The topological polar surface area (TPSA) is 115 Å². The van der Waals surface area contributed by atoms with Gasteiger partial charge >= 0.3 is 0 Å². The number of carbonyl (C=O) groups excluding carboxylic acids is 1. The number of nitrogens with two attached hydrogens (primary N) is 2. The first-order chi connectivity index (χ1) is 7.30. The third-order valence-corrected chi connectivity index (χ3v) is 2.75. The first-order valence-electron chi connectivity index (χ1n) is 4.50. The van der Waals surface area contributed by atoms with E-state index in [1.54, 1.807) is 6.07 Å². The Balaban J connectivity index is 2.96. The molecular weight excluding hydrogens is 230 g/mol. The van der Waals surface area contributed by atoms with Crippen LogP contribution in [0.25, 0.3) is 0 Å². The van der Waals surface area contributed by atoms with Gasteiger partial charge in [0.2, 0.25) is 15.9 Å². The minimum atomic E-state index is -3.76. The Morgan fingerprint density at radius 3 is 2.56 bits per heavy atom. The van der Waals surface area contributed by atoms with Crippen LogP contribution in [0.4, 0.5) is 5.69 Å². The van der Waals surface area contributed by atoms with Gasteiger partial charge in [0.15, 0.2) is 0 Å². The number of carbonyl (C=O) groups is 1. The Kier molecular flexibility index (Phi) is 3.63. The number of sulfonamides is 1. The van der Waals surface area contributed by atoms with Crippen LogP contribution in [0.3, 0.4) is 0 Å². The standard InChI is InChI=1S/C9H13N3O3S/c1-6(10)9(13)12-7-3-2-4-8(5-7)16(11,14)15/h2-6H,10H2,1H3,(H,12,13)(H2,11,14,15)/t6-/m1/s1. The number of hydrogen-bond donors (Lipinski definition) is 3. The quantitative estimate of drug-likeness (QED) is 0.671. The van der Waals surface area contributed by atoms with Crippen LogP contribution in [0.5, 0.6) is 0 Å². The van der Waals surface area contributed by atoms with E-state index in [0.717, 1.165) is 0 Å². The molecule has 0 radical (unpaired) electrons. The molecule has 6 nitrogen and oxygen atoms in total. The predicted molar refractivity (Wildman–Crippen MR) is 60.1 cm³/mol. The number of nitrogens with one attached hydrogen (secondary N) is 1. The molecule has 0 aliphatic rings. The second kappa shape index (κ2) is 4.60. The smallest absolute Gasteiger partial charge is 0.240 e. The molecule has 1 aromatic rings. The molecule has 88 valence electrons. The van der Waals surface area contributed by atoms with Crippen molar-refractivity contribution < 1.29 is 13.2 Å². The van der Waals surface area contributed by atoms with Gasteiger partial charge in [0, 0.05) is 5.69 Å². The summed E-state index contributed by atoms with van der Waals surface area (Å²) < 4.78 is 22.1. The van der Waals surface area contributed by atoms with Gasteiger partial charge in [0.05, 0.1) is 10.9 Å². The lowest BCUT2D eigenvalue weighted by Gasteiger charge is -2.08. The zero-order valence-electron chi connectivity index (χ0n) is 8.67. The Hall–Kier alpha value is -1.44. The van der Waals surface area contributed by atoms with Gasteiger partial charge in [-0.05, 0) is 25.1 Å². The van der Waals surface area contributed by atoms with Crippen LogP contribution in [0, 0.1) is 0 Å². The van der Waals surface area contributed by atoms with E-state index in [9.17, 15) is 13.2 Å². The molecule has 1 atom stereocenters. The first-order valence-corrected chi connectivity index (χ1v) is 6.04. The summed E-state index contributed by atoms with van der Waals surface area (Å²) in [5.41, 5.74) is 5.69. The summed E-state index contributed by atoms with van der Waals surface area (Å²) >= 11 is 0. The van der Waals surface area contributed by atoms with Crippen LogP contribution < -0.4 is 16.2 Å². The molecule has 1 amide bonds. The fourth-order valence-corrected chi connectivity index (χ4v) is 1.57. The maximum Gasteiger partial charge on any atom is 0.240 e. The highest BCUT2D eigenvalue weighted by atomic mass is 32.2. The number of anilines is 1. The van der Waals surface area contributed by atoms with Crippen molar-refractivity contribution in [2.45, 2.75) is 17.9 Å². The van der Waals surface area contributed by atoms with E-state index in [-0.39, 0.29) is 4.90 Å². The molecule has 7 heteroatoms. The van der Waals surface area contributed by atoms with Crippen LogP contribution in [0.15, 0.2) is 29.2 Å². The van der Waals surface area contributed by atoms with Crippen molar-refractivity contribution in [3.63, 3.8) is 0 Å². The van der Waals surface area contributed by atoms with Gasteiger partial charge in [-0.1, -0.05) is 6.07 Å². The summed E-state index contributed by atoms with van der Waals surface area (Å²) in [4.78, 5) is 11.2. The molecule has 0 aliphatic carbocycles. The lowest BCUT2D eigenvalue weighted by Crippen LogP contribution is -2.32. The minimum Gasteiger partial charge on any atom is -0.325 e. The molecule has 0 unspecified atom stereocenters. The van der Waals surface area contributed by atoms with Crippen LogP contribution >= 0.6 is 0 Å². The predicted octanol–water partition coefficient (Wildman–Crippen LogP) is -0.380. The Morgan fingerprint density at radius 2 is 2.06 bits per heavy atom. The van der Waals surface area contributed by atoms with E-state index in [1.165, 1.54) is 25.1 Å². The monoisotopic (exact) mass is 243 g/mol. The average molecular weight is 243 g/mol. The van der Waals surface area contributed by atoms with Crippen molar-refractivity contribution in [3.8, 4) is 0 Å². The summed E-state index contributed by atoms with van der Waals surface area (Å²) in [6, 6.07) is 4.98. The molecule has 0 fully saturated rings.